The number of nitrogens with one attached hydrogen (secondary N) is 1. The maximum absolute atomic E-state index is 5.63. The average molecular weight is 305 g/mol. The summed E-state index contributed by atoms with van der Waals surface area (Å²) in [6.45, 7) is 8.79. The number of methoxy groups -OCH3 is 1. The first kappa shape index (κ1) is 14.4. The topological polar surface area (TPSA) is 25.0 Å². The number of hydrogen-bond acceptors (Lipinski definition) is 1. The van der Waals surface area contributed by atoms with Crippen LogP contribution in [0.3, 0.4) is 0 Å². The van der Waals surface area contributed by atoms with Crippen LogP contribution >= 0.6 is 0 Å². The van der Waals surface area contributed by atoms with Crippen molar-refractivity contribution in [2.75, 3.05) is 7.11 Å². The fraction of sp³-hybridized carbons (Fsp3) is 0.333. The molecule has 1 aliphatic rings. The molecular weight excluding hydrogens is 282 g/mol. The molecule has 2 aromatic carbocycles. The van der Waals surface area contributed by atoms with Crippen molar-refractivity contribution in [2.45, 2.75) is 40.0 Å². The van der Waals surface area contributed by atoms with Gasteiger partial charge in [-0.25, -0.2) is 0 Å². The molecular formula is C21H23NO. The lowest BCUT2D eigenvalue weighted by atomic mass is 9.97. The van der Waals surface area contributed by atoms with Gasteiger partial charge < -0.3 is 9.72 Å². The van der Waals surface area contributed by atoms with Gasteiger partial charge in [-0.3, -0.25) is 0 Å². The fourth-order valence-electron chi connectivity index (χ4n) is 4.06. The minimum atomic E-state index is 0.570. The van der Waals surface area contributed by atoms with Crippen molar-refractivity contribution < 1.29 is 4.74 Å². The second-order valence-electron chi connectivity index (χ2n) is 7.00. The number of benzene rings is 2. The van der Waals surface area contributed by atoms with Gasteiger partial charge in [0.15, 0.2) is 0 Å². The lowest BCUT2D eigenvalue weighted by Gasteiger charge is -2.11. The number of aromatic amines is 1. The molecule has 118 valence electrons. The fourth-order valence-corrected chi connectivity index (χ4v) is 4.06. The molecule has 0 radical (unpaired) electrons. The van der Waals surface area contributed by atoms with Crippen LogP contribution in [0.25, 0.3) is 22.2 Å². The molecule has 2 nitrogen and oxygen atoms in total. The summed E-state index contributed by atoms with van der Waals surface area (Å²) in [4.78, 5) is 3.66. The molecule has 0 fully saturated rings. The molecule has 4 rings (SSSR count). The Balaban J connectivity index is 1.96. The third kappa shape index (κ3) is 1.94. The number of ether oxygens (including phenoxy) is 1. The second-order valence-corrected chi connectivity index (χ2v) is 7.00. The van der Waals surface area contributed by atoms with Gasteiger partial charge in [-0.2, -0.15) is 0 Å². The predicted octanol–water partition coefficient (Wildman–Crippen LogP) is 5.49. The van der Waals surface area contributed by atoms with Gasteiger partial charge in [0.05, 0.1) is 12.8 Å². The summed E-state index contributed by atoms with van der Waals surface area (Å²) in [6, 6.07) is 9.14. The molecule has 0 bridgehead atoms. The number of fused-ring (bicyclic) bond motifs is 5. The zero-order valence-electron chi connectivity index (χ0n) is 14.5. The normalized spacial score (nSPS) is 12.8. The van der Waals surface area contributed by atoms with Crippen molar-refractivity contribution in [3.63, 3.8) is 0 Å². The Hall–Kier alpha value is -2.22. The molecule has 1 N–H and O–H groups in total. The van der Waals surface area contributed by atoms with Gasteiger partial charge in [0.2, 0.25) is 0 Å². The molecule has 0 saturated heterocycles. The largest absolute Gasteiger partial charge is 0.496 e. The molecule has 1 aromatic heterocycles. The van der Waals surface area contributed by atoms with E-state index in [9.17, 15) is 0 Å². The standard InChI is InChI=1S/C21H23NO/c1-11(2)14-6-7-16-15(9-14)10-17-19-13(4)21(23-5)12(3)8-18(19)22-20(16)17/h6-9,11,22H,10H2,1-5H3. The summed E-state index contributed by atoms with van der Waals surface area (Å²) in [5.74, 6) is 1.58. The highest BCUT2D eigenvalue weighted by atomic mass is 16.5. The third-order valence-corrected chi connectivity index (χ3v) is 5.20. The third-order valence-electron chi connectivity index (χ3n) is 5.20. The first-order valence-electron chi connectivity index (χ1n) is 8.33. The van der Waals surface area contributed by atoms with Gasteiger partial charge in [0, 0.05) is 28.5 Å². The first-order valence-corrected chi connectivity index (χ1v) is 8.33. The minimum Gasteiger partial charge on any atom is -0.496 e. The van der Waals surface area contributed by atoms with E-state index >= 15 is 0 Å². The van der Waals surface area contributed by atoms with Crippen LogP contribution in [0.2, 0.25) is 0 Å². The zero-order chi connectivity index (χ0) is 16.3. The maximum atomic E-state index is 5.63. The highest BCUT2D eigenvalue weighted by Crippen LogP contribution is 2.44. The molecule has 23 heavy (non-hydrogen) atoms. The van der Waals surface area contributed by atoms with Gasteiger partial charge in [-0.15, -0.1) is 0 Å². The SMILES string of the molecule is COc1c(C)cc2[nH]c3c(c2c1C)Cc1cc(C(C)C)ccc1-3. The van der Waals surface area contributed by atoms with Crippen molar-refractivity contribution >= 4 is 10.9 Å². The number of hydrogen-bond donors (Lipinski definition) is 1. The van der Waals surface area contributed by atoms with E-state index in [-0.39, 0.29) is 0 Å². The molecule has 0 spiro atoms. The van der Waals surface area contributed by atoms with E-state index in [1.807, 2.05) is 0 Å². The monoisotopic (exact) mass is 305 g/mol. The van der Waals surface area contributed by atoms with E-state index in [2.05, 4.69) is 56.9 Å². The highest BCUT2D eigenvalue weighted by Gasteiger charge is 2.25. The first-order chi connectivity index (χ1) is 11.0. The van der Waals surface area contributed by atoms with E-state index in [1.54, 1.807) is 7.11 Å². The van der Waals surface area contributed by atoms with Crippen LogP contribution in [0.15, 0.2) is 24.3 Å². The predicted molar refractivity (Wildman–Crippen MR) is 96.7 cm³/mol. The Bertz CT molecular complexity index is 931. The van der Waals surface area contributed by atoms with Crippen LogP contribution in [0, 0.1) is 13.8 Å². The summed E-state index contributed by atoms with van der Waals surface area (Å²) in [6.07, 6.45) is 1.01. The Morgan fingerprint density at radius 2 is 1.91 bits per heavy atom. The van der Waals surface area contributed by atoms with Gasteiger partial charge in [0.25, 0.3) is 0 Å². The van der Waals surface area contributed by atoms with Gasteiger partial charge >= 0.3 is 0 Å². The highest BCUT2D eigenvalue weighted by molar-refractivity contribution is 5.98. The van der Waals surface area contributed by atoms with Crippen LogP contribution in [0.5, 0.6) is 5.75 Å². The zero-order valence-corrected chi connectivity index (χ0v) is 14.5. The average Bonchev–Trinajstić information content (AvgIpc) is 3.01. The summed E-state index contributed by atoms with van der Waals surface area (Å²) in [7, 11) is 1.76. The van der Waals surface area contributed by atoms with E-state index < -0.39 is 0 Å². The minimum absolute atomic E-state index is 0.570. The van der Waals surface area contributed by atoms with Crippen molar-refractivity contribution in [1.82, 2.24) is 4.98 Å². The molecule has 2 heteroatoms. The van der Waals surface area contributed by atoms with Crippen molar-refractivity contribution in [2.24, 2.45) is 0 Å². The Labute approximate surface area is 137 Å². The Morgan fingerprint density at radius 1 is 1.13 bits per heavy atom. The lowest BCUT2D eigenvalue weighted by Crippen LogP contribution is -1.94. The van der Waals surface area contributed by atoms with Crippen LogP contribution < -0.4 is 4.74 Å². The summed E-state index contributed by atoms with van der Waals surface area (Å²) >= 11 is 0. The number of aryl methyl sites for hydroxylation is 2. The summed E-state index contributed by atoms with van der Waals surface area (Å²) in [5.41, 5.74) is 10.6. The van der Waals surface area contributed by atoms with Gasteiger partial charge in [0.1, 0.15) is 5.75 Å². The molecule has 3 aromatic rings. The molecule has 1 heterocycles. The van der Waals surface area contributed by atoms with Crippen molar-refractivity contribution in [1.29, 1.82) is 0 Å². The smallest absolute Gasteiger partial charge is 0.125 e. The Kier molecular flexibility index (Phi) is 3.06. The van der Waals surface area contributed by atoms with E-state index in [0.29, 0.717) is 5.92 Å². The lowest BCUT2D eigenvalue weighted by molar-refractivity contribution is 0.409. The maximum Gasteiger partial charge on any atom is 0.125 e. The number of H-pyrrole nitrogens is 1. The molecule has 0 saturated carbocycles. The van der Waals surface area contributed by atoms with Crippen LogP contribution in [0.1, 0.15) is 47.6 Å². The number of rotatable bonds is 2. The molecule has 1 aliphatic carbocycles. The molecule has 0 amide bonds. The van der Waals surface area contributed by atoms with Crippen LogP contribution in [-0.2, 0) is 6.42 Å². The van der Waals surface area contributed by atoms with Gasteiger partial charge in [-0.05, 0) is 48.1 Å². The number of aromatic nitrogens is 1. The molecule has 0 aliphatic heterocycles. The van der Waals surface area contributed by atoms with Crippen molar-refractivity contribution in [3.05, 3.63) is 52.1 Å². The van der Waals surface area contributed by atoms with Crippen molar-refractivity contribution in [3.8, 4) is 17.0 Å². The molecule has 0 unspecified atom stereocenters. The van der Waals surface area contributed by atoms with Crippen LogP contribution in [0.4, 0.5) is 0 Å². The summed E-state index contributed by atoms with van der Waals surface area (Å²) in [5, 5.41) is 1.34. The van der Waals surface area contributed by atoms with E-state index in [0.717, 1.165) is 12.2 Å². The van der Waals surface area contributed by atoms with Crippen LogP contribution in [-0.4, -0.2) is 12.1 Å². The summed E-state index contributed by atoms with van der Waals surface area (Å²) < 4.78 is 5.63. The van der Waals surface area contributed by atoms with E-state index in [4.69, 9.17) is 4.74 Å². The Morgan fingerprint density at radius 3 is 2.61 bits per heavy atom. The second kappa shape index (κ2) is 4.89. The molecule has 0 atom stereocenters. The van der Waals surface area contributed by atoms with E-state index in [1.165, 1.54) is 50.0 Å². The van der Waals surface area contributed by atoms with Gasteiger partial charge in [-0.1, -0.05) is 32.0 Å². The quantitative estimate of drug-likeness (QED) is 0.520.